The summed E-state index contributed by atoms with van der Waals surface area (Å²) in [5, 5.41) is 11.2. The number of ether oxygens (including phenoxy) is 1. The fourth-order valence-electron chi connectivity index (χ4n) is 4.30. The molecule has 2 aliphatic carbocycles. The van der Waals surface area contributed by atoms with Crippen LogP contribution in [-0.2, 0) is 0 Å². The number of benzene rings is 1. The number of hydrogen-bond acceptors (Lipinski definition) is 5. The zero-order valence-electron chi connectivity index (χ0n) is 16.8. The Morgan fingerprint density at radius 3 is 2.37 bits per heavy atom. The first-order chi connectivity index (χ1) is 14.5. The van der Waals surface area contributed by atoms with Gasteiger partial charge in [-0.3, -0.25) is 4.79 Å². The van der Waals surface area contributed by atoms with Crippen molar-refractivity contribution in [2.75, 3.05) is 0 Å². The molecule has 0 unspecified atom stereocenters. The van der Waals surface area contributed by atoms with E-state index in [1.54, 1.807) is 10.9 Å². The third kappa shape index (κ3) is 5.13. The number of nitrogens with two attached hydrogens (primary N) is 1. The largest absolute Gasteiger partial charge is 0.490 e. The molecule has 4 rings (SSSR count). The summed E-state index contributed by atoms with van der Waals surface area (Å²) >= 11 is 0. The van der Waals surface area contributed by atoms with Gasteiger partial charge in [0.15, 0.2) is 5.69 Å². The molecule has 1 heterocycles. The van der Waals surface area contributed by atoms with Crippen molar-refractivity contribution in [3.8, 4) is 5.75 Å². The number of halogens is 2. The highest BCUT2D eigenvalue weighted by Crippen LogP contribution is 2.27. The first-order valence-electron chi connectivity index (χ1n) is 10.6. The maximum atomic E-state index is 13.3. The predicted octanol–water partition coefficient (Wildman–Crippen LogP) is 3.12. The smallest absolute Gasteiger partial charge is 0.273 e. The molecule has 9 heteroatoms. The lowest BCUT2D eigenvalue weighted by atomic mass is 9.92. The number of carbonyl (C=O) groups excluding carboxylic acids is 1. The minimum Gasteiger partial charge on any atom is -0.490 e. The van der Waals surface area contributed by atoms with Gasteiger partial charge >= 0.3 is 0 Å². The lowest BCUT2D eigenvalue weighted by molar-refractivity contribution is 0.0888. The van der Waals surface area contributed by atoms with Crippen molar-refractivity contribution >= 4 is 5.91 Å². The summed E-state index contributed by atoms with van der Waals surface area (Å²) < 4.78 is 34.1. The second kappa shape index (κ2) is 9.07. The van der Waals surface area contributed by atoms with E-state index in [2.05, 4.69) is 15.6 Å². The molecule has 7 nitrogen and oxygen atoms in total. The zero-order chi connectivity index (χ0) is 21.1. The first-order valence-corrected chi connectivity index (χ1v) is 10.6. The van der Waals surface area contributed by atoms with Gasteiger partial charge in [-0.1, -0.05) is 5.21 Å². The van der Waals surface area contributed by atoms with Gasteiger partial charge in [0, 0.05) is 30.3 Å². The molecular formula is C21H27F2N5O2. The number of aromatic nitrogens is 3. The van der Waals surface area contributed by atoms with Crippen molar-refractivity contribution in [3.05, 3.63) is 41.7 Å². The summed E-state index contributed by atoms with van der Waals surface area (Å²) in [6.07, 6.45) is 8.24. The van der Waals surface area contributed by atoms with Crippen LogP contribution >= 0.6 is 0 Å². The average molecular weight is 419 g/mol. The van der Waals surface area contributed by atoms with Crippen LogP contribution in [0.5, 0.6) is 5.75 Å². The highest BCUT2D eigenvalue weighted by atomic mass is 19.1. The molecule has 0 saturated heterocycles. The monoisotopic (exact) mass is 419 g/mol. The fourth-order valence-corrected chi connectivity index (χ4v) is 4.30. The van der Waals surface area contributed by atoms with Crippen LogP contribution < -0.4 is 15.8 Å². The molecule has 1 amide bonds. The molecule has 1 aromatic heterocycles. The summed E-state index contributed by atoms with van der Waals surface area (Å²) in [5.41, 5.74) is 6.27. The summed E-state index contributed by atoms with van der Waals surface area (Å²) in [4.78, 5) is 12.5. The maximum Gasteiger partial charge on any atom is 0.273 e. The molecule has 30 heavy (non-hydrogen) atoms. The van der Waals surface area contributed by atoms with Crippen molar-refractivity contribution in [1.29, 1.82) is 0 Å². The molecule has 2 aliphatic rings. The summed E-state index contributed by atoms with van der Waals surface area (Å²) in [6.45, 7) is 0. The van der Waals surface area contributed by atoms with E-state index in [4.69, 9.17) is 10.5 Å². The van der Waals surface area contributed by atoms with Crippen molar-refractivity contribution in [2.24, 2.45) is 5.73 Å². The molecule has 2 fully saturated rings. The van der Waals surface area contributed by atoms with Gasteiger partial charge in [0.05, 0.1) is 18.3 Å². The SMILES string of the molecule is NC1CCC(n2cc(C(=O)NC3CCC(Oc4cc(F)cc(F)c4)CC3)nn2)CC1. The van der Waals surface area contributed by atoms with E-state index < -0.39 is 11.6 Å². The number of nitrogens with zero attached hydrogens (tertiary/aromatic N) is 3. The molecule has 2 saturated carbocycles. The molecule has 1 aromatic carbocycles. The molecule has 0 bridgehead atoms. The third-order valence-electron chi connectivity index (χ3n) is 6.01. The first kappa shape index (κ1) is 20.7. The number of rotatable bonds is 5. The Hall–Kier alpha value is -2.55. The lowest BCUT2D eigenvalue weighted by Crippen LogP contribution is -2.39. The van der Waals surface area contributed by atoms with Crippen LogP contribution in [0.2, 0.25) is 0 Å². The second-order valence-electron chi connectivity index (χ2n) is 8.32. The number of nitrogens with one attached hydrogen (secondary N) is 1. The minimum atomic E-state index is -0.657. The van der Waals surface area contributed by atoms with E-state index in [0.29, 0.717) is 18.5 Å². The molecular weight excluding hydrogens is 392 g/mol. The highest BCUT2D eigenvalue weighted by Gasteiger charge is 2.26. The molecule has 0 atom stereocenters. The highest BCUT2D eigenvalue weighted by molar-refractivity contribution is 5.92. The van der Waals surface area contributed by atoms with Gasteiger partial charge in [0.25, 0.3) is 5.91 Å². The van der Waals surface area contributed by atoms with Crippen LogP contribution in [0.1, 0.15) is 67.9 Å². The van der Waals surface area contributed by atoms with Crippen LogP contribution in [-0.4, -0.2) is 39.1 Å². The molecule has 162 valence electrons. The Bertz CT molecular complexity index is 854. The zero-order valence-corrected chi connectivity index (χ0v) is 16.8. The summed E-state index contributed by atoms with van der Waals surface area (Å²) in [6, 6.07) is 3.70. The molecule has 0 radical (unpaired) electrons. The van der Waals surface area contributed by atoms with Gasteiger partial charge in [0.1, 0.15) is 17.4 Å². The number of carbonyl (C=O) groups is 1. The van der Waals surface area contributed by atoms with E-state index in [-0.39, 0.29) is 35.9 Å². The normalized spacial score (nSPS) is 26.9. The Morgan fingerprint density at radius 1 is 1.03 bits per heavy atom. The molecule has 2 aromatic rings. The standard InChI is InChI=1S/C21H27F2N5O2/c22-13-9-14(23)11-19(10-13)30-18-7-3-16(4-8-18)25-21(29)20-12-28(27-26-20)17-5-1-15(24)2-6-17/h9-12,15-18H,1-8,24H2,(H,25,29). The van der Waals surface area contributed by atoms with Gasteiger partial charge in [-0.2, -0.15) is 0 Å². The van der Waals surface area contributed by atoms with Crippen molar-refractivity contribution in [1.82, 2.24) is 20.3 Å². The summed E-state index contributed by atoms with van der Waals surface area (Å²) in [5.74, 6) is -1.35. The number of hydrogen-bond donors (Lipinski definition) is 2. The van der Waals surface area contributed by atoms with Crippen LogP contribution in [0, 0.1) is 11.6 Å². The van der Waals surface area contributed by atoms with Crippen molar-refractivity contribution < 1.29 is 18.3 Å². The number of amides is 1. The van der Waals surface area contributed by atoms with Crippen LogP contribution in [0.3, 0.4) is 0 Å². The summed E-state index contributed by atoms with van der Waals surface area (Å²) in [7, 11) is 0. The van der Waals surface area contributed by atoms with Crippen LogP contribution in [0.25, 0.3) is 0 Å². The van der Waals surface area contributed by atoms with E-state index in [9.17, 15) is 13.6 Å². The fraction of sp³-hybridized carbons (Fsp3) is 0.571. The molecule has 0 aliphatic heterocycles. The van der Waals surface area contributed by atoms with E-state index >= 15 is 0 Å². The van der Waals surface area contributed by atoms with Crippen molar-refractivity contribution in [2.45, 2.75) is 75.6 Å². The second-order valence-corrected chi connectivity index (χ2v) is 8.32. The Balaban J connectivity index is 1.25. The topological polar surface area (TPSA) is 95.1 Å². The molecule has 3 N–H and O–H groups in total. The van der Waals surface area contributed by atoms with Gasteiger partial charge in [-0.15, -0.1) is 5.10 Å². The van der Waals surface area contributed by atoms with Gasteiger partial charge in [0.2, 0.25) is 0 Å². The average Bonchev–Trinajstić information content (AvgIpc) is 3.20. The van der Waals surface area contributed by atoms with Gasteiger partial charge in [-0.25, -0.2) is 13.5 Å². The van der Waals surface area contributed by atoms with E-state index in [1.807, 2.05) is 0 Å². The Morgan fingerprint density at radius 2 is 1.70 bits per heavy atom. The van der Waals surface area contributed by atoms with Crippen LogP contribution in [0.4, 0.5) is 8.78 Å². The molecule has 0 spiro atoms. The van der Waals surface area contributed by atoms with Crippen LogP contribution in [0.15, 0.2) is 24.4 Å². The van der Waals surface area contributed by atoms with Gasteiger partial charge < -0.3 is 15.8 Å². The van der Waals surface area contributed by atoms with Gasteiger partial charge in [-0.05, 0) is 51.4 Å². The lowest BCUT2D eigenvalue weighted by Gasteiger charge is -2.29. The quantitative estimate of drug-likeness (QED) is 0.777. The van der Waals surface area contributed by atoms with Crippen molar-refractivity contribution in [3.63, 3.8) is 0 Å². The Labute approximate surface area is 174 Å². The maximum absolute atomic E-state index is 13.3. The third-order valence-corrected chi connectivity index (χ3v) is 6.01. The predicted molar refractivity (Wildman–Crippen MR) is 106 cm³/mol. The Kier molecular flexibility index (Phi) is 6.26. The van der Waals surface area contributed by atoms with E-state index in [1.165, 1.54) is 12.1 Å². The minimum absolute atomic E-state index is 0.0134. The van der Waals surface area contributed by atoms with E-state index in [0.717, 1.165) is 44.6 Å².